The lowest BCUT2D eigenvalue weighted by Gasteiger charge is -2.09. The van der Waals surface area contributed by atoms with Gasteiger partial charge in [-0.05, 0) is 30.3 Å². The largest absolute Gasteiger partial charge is 0.497 e. The van der Waals surface area contributed by atoms with E-state index in [1.165, 1.54) is 18.3 Å². The highest BCUT2D eigenvalue weighted by atomic mass is 35.5. The molecule has 2 aromatic rings. The molecule has 120 valence electrons. The Morgan fingerprint density at radius 1 is 1.04 bits per heavy atom. The van der Waals surface area contributed by atoms with Gasteiger partial charge in [-0.3, -0.25) is 4.79 Å². The van der Waals surface area contributed by atoms with Gasteiger partial charge in [-0.1, -0.05) is 23.2 Å². The molecule has 0 heterocycles. The molecule has 4 nitrogen and oxygen atoms in total. The van der Waals surface area contributed by atoms with Crippen molar-refractivity contribution in [3.63, 3.8) is 0 Å². The van der Waals surface area contributed by atoms with Gasteiger partial charge in [-0.2, -0.15) is 0 Å². The standard InChI is InChI=1S/C17H15Cl2NO3/c1-22-12-4-6-17(23-2)15(10-12)20-8-7-16(21)11-3-5-13(18)14(19)9-11/h3-10,20H,1-2H3/b8-7-. The smallest absolute Gasteiger partial charge is 0.187 e. The Kier molecular flexibility index (Phi) is 5.90. The molecule has 0 bridgehead atoms. The van der Waals surface area contributed by atoms with Crippen molar-refractivity contribution in [3.05, 3.63) is 64.3 Å². The second-order valence-corrected chi connectivity index (χ2v) is 5.35. The lowest BCUT2D eigenvalue weighted by molar-refractivity contribution is 0.104. The average Bonchev–Trinajstić information content (AvgIpc) is 2.57. The van der Waals surface area contributed by atoms with Crippen molar-refractivity contribution < 1.29 is 14.3 Å². The lowest BCUT2D eigenvalue weighted by atomic mass is 10.1. The van der Waals surface area contributed by atoms with Gasteiger partial charge in [0.25, 0.3) is 0 Å². The molecule has 0 aliphatic carbocycles. The highest BCUT2D eigenvalue weighted by Gasteiger charge is 2.06. The molecule has 0 atom stereocenters. The maximum absolute atomic E-state index is 12.1. The Hall–Kier alpha value is -2.17. The highest BCUT2D eigenvalue weighted by molar-refractivity contribution is 6.42. The first-order valence-electron chi connectivity index (χ1n) is 6.69. The first-order valence-corrected chi connectivity index (χ1v) is 7.45. The van der Waals surface area contributed by atoms with Gasteiger partial charge in [0.2, 0.25) is 0 Å². The molecule has 0 amide bonds. The van der Waals surface area contributed by atoms with Gasteiger partial charge < -0.3 is 14.8 Å². The van der Waals surface area contributed by atoms with Crippen LogP contribution in [-0.4, -0.2) is 20.0 Å². The summed E-state index contributed by atoms with van der Waals surface area (Å²) in [6.45, 7) is 0. The molecule has 0 saturated carbocycles. The summed E-state index contributed by atoms with van der Waals surface area (Å²) in [5.74, 6) is 1.12. The number of carbonyl (C=O) groups is 1. The minimum Gasteiger partial charge on any atom is -0.497 e. The van der Waals surface area contributed by atoms with E-state index in [4.69, 9.17) is 32.7 Å². The van der Waals surface area contributed by atoms with Gasteiger partial charge in [0.15, 0.2) is 5.78 Å². The molecule has 0 saturated heterocycles. The van der Waals surface area contributed by atoms with Crippen LogP contribution in [0.25, 0.3) is 0 Å². The number of methoxy groups -OCH3 is 2. The summed E-state index contributed by atoms with van der Waals surface area (Å²) >= 11 is 11.7. The van der Waals surface area contributed by atoms with Gasteiger partial charge in [0.1, 0.15) is 11.5 Å². The van der Waals surface area contributed by atoms with Gasteiger partial charge >= 0.3 is 0 Å². The van der Waals surface area contributed by atoms with E-state index in [-0.39, 0.29) is 5.78 Å². The molecule has 23 heavy (non-hydrogen) atoms. The van der Waals surface area contributed by atoms with Crippen LogP contribution in [0.2, 0.25) is 10.0 Å². The normalized spacial score (nSPS) is 10.6. The zero-order valence-corrected chi connectivity index (χ0v) is 14.1. The number of rotatable bonds is 6. The predicted octanol–water partition coefficient (Wildman–Crippen LogP) is 4.82. The van der Waals surface area contributed by atoms with E-state index < -0.39 is 0 Å². The maximum Gasteiger partial charge on any atom is 0.187 e. The molecular formula is C17H15Cl2NO3. The van der Waals surface area contributed by atoms with Crippen LogP contribution in [0, 0.1) is 0 Å². The van der Waals surface area contributed by atoms with Crippen LogP contribution in [-0.2, 0) is 0 Å². The van der Waals surface area contributed by atoms with Crippen molar-refractivity contribution in [1.82, 2.24) is 0 Å². The van der Waals surface area contributed by atoms with Gasteiger partial charge in [0, 0.05) is 23.9 Å². The number of allylic oxidation sites excluding steroid dienone is 1. The predicted molar refractivity (Wildman–Crippen MR) is 93.1 cm³/mol. The SMILES string of the molecule is COc1ccc(OC)c(N/C=C\C(=O)c2ccc(Cl)c(Cl)c2)c1. The fraction of sp³-hybridized carbons (Fsp3) is 0.118. The summed E-state index contributed by atoms with van der Waals surface area (Å²) in [5, 5.41) is 3.75. The van der Waals surface area contributed by atoms with E-state index in [2.05, 4.69) is 5.32 Å². The van der Waals surface area contributed by atoms with Crippen LogP contribution in [0.3, 0.4) is 0 Å². The van der Waals surface area contributed by atoms with Crippen molar-refractivity contribution >= 4 is 34.7 Å². The Bertz CT molecular complexity index is 745. The Labute approximate surface area is 144 Å². The minimum atomic E-state index is -0.196. The van der Waals surface area contributed by atoms with Gasteiger partial charge in [-0.25, -0.2) is 0 Å². The molecule has 2 rings (SSSR count). The zero-order chi connectivity index (χ0) is 16.8. The fourth-order valence-corrected chi connectivity index (χ4v) is 2.18. The van der Waals surface area contributed by atoms with Crippen LogP contribution < -0.4 is 14.8 Å². The quantitative estimate of drug-likeness (QED) is 0.598. The lowest BCUT2D eigenvalue weighted by Crippen LogP contribution is -1.98. The van der Waals surface area contributed by atoms with E-state index in [9.17, 15) is 4.79 Å². The third kappa shape index (κ3) is 4.41. The van der Waals surface area contributed by atoms with Crippen molar-refractivity contribution in [2.24, 2.45) is 0 Å². The molecule has 0 aliphatic rings. The van der Waals surface area contributed by atoms with E-state index in [1.807, 2.05) is 0 Å². The number of halogens is 2. The highest BCUT2D eigenvalue weighted by Crippen LogP contribution is 2.29. The van der Waals surface area contributed by atoms with Crippen molar-refractivity contribution in [2.75, 3.05) is 19.5 Å². The van der Waals surface area contributed by atoms with E-state index >= 15 is 0 Å². The van der Waals surface area contributed by atoms with Crippen molar-refractivity contribution in [1.29, 1.82) is 0 Å². The topological polar surface area (TPSA) is 47.6 Å². The third-order valence-corrected chi connectivity index (χ3v) is 3.82. The second-order valence-electron chi connectivity index (χ2n) is 4.54. The number of ether oxygens (including phenoxy) is 2. The molecule has 0 fully saturated rings. The number of nitrogens with one attached hydrogen (secondary N) is 1. The molecule has 1 N–H and O–H groups in total. The van der Waals surface area contributed by atoms with Gasteiger partial charge in [-0.15, -0.1) is 0 Å². The van der Waals surface area contributed by atoms with Gasteiger partial charge in [0.05, 0.1) is 30.0 Å². The molecule has 6 heteroatoms. The fourth-order valence-electron chi connectivity index (χ4n) is 1.88. The van der Waals surface area contributed by atoms with E-state index in [0.29, 0.717) is 32.8 Å². The summed E-state index contributed by atoms with van der Waals surface area (Å²) in [6, 6.07) is 10.1. The molecular weight excluding hydrogens is 337 g/mol. The number of carbonyl (C=O) groups excluding carboxylic acids is 1. The molecule has 0 radical (unpaired) electrons. The van der Waals surface area contributed by atoms with Crippen LogP contribution >= 0.6 is 23.2 Å². The number of ketones is 1. The first-order chi connectivity index (χ1) is 11.0. The van der Waals surface area contributed by atoms with Crippen LogP contribution in [0.5, 0.6) is 11.5 Å². The maximum atomic E-state index is 12.1. The Balaban J connectivity index is 2.11. The molecule has 0 unspecified atom stereocenters. The van der Waals surface area contributed by atoms with E-state index in [1.54, 1.807) is 44.6 Å². The first kappa shape index (κ1) is 17.2. The average molecular weight is 352 g/mol. The summed E-state index contributed by atoms with van der Waals surface area (Å²) in [5.41, 5.74) is 1.14. The second kappa shape index (κ2) is 7.90. The number of anilines is 1. The minimum absolute atomic E-state index is 0.196. The number of benzene rings is 2. The summed E-state index contributed by atoms with van der Waals surface area (Å²) in [4.78, 5) is 12.1. The summed E-state index contributed by atoms with van der Waals surface area (Å²) < 4.78 is 10.4. The van der Waals surface area contributed by atoms with Crippen LogP contribution in [0.1, 0.15) is 10.4 Å². The van der Waals surface area contributed by atoms with Crippen LogP contribution in [0.15, 0.2) is 48.7 Å². The third-order valence-electron chi connectivity index (χ3n) is 3.08. The molecule has 2 aromatic carbocycles. The Morgan fingerprint density at radius 3 is 2.48 bits per heavy atom. The van der Waals surface area contributed by atoms with Crippen molar-refractivity contribution in [3.8, 4) is 11.5 Å². The molecule has 0 aromatic heterocycles. The number of hydrogen-bond acceptors (Lipinski definition) is 4. The number of hydrogen-bond donors (Lipinski definition) is 1. The zero-order valence-electron chi connectivity index (χ0n) is 12.6. The molecule has 0 spiro atoms. The summed E-state index contributed by atoms with van der Waals surface area (Å²) in [6.07, 6.45) is 2.93. The molecule has 0 aliphatic heterocycles. The van der Waals surface area contributed by atoms with Crippen molar-refractivity contribution in [2.45, 2.75) is 0 Å². The summed E-state index contributed by atoms with van der Waals surface area (Å²) in [7, 11) is 3.15. The Morgan fingerprint density at radius 2 is 1.83 bits per heavy atom. The van der Waals surface area contributed by atoms with Crippen LogP contribution in [0.4, 0.5) is 5.69 Å². The van der Waals surface area contributed by atoms with E-state index in [0.717, 1.165) is 0 Å². The monoisotopic (exact) mass is 351 g/mol.